The number of carbonyl (C=O) groups is 1. The van der Waals surface area contributed by atoms with E-state index in [1.807, 2.05) is 13.8 Å². The van der Waals surface area contributed by atoms with Gasteiger partial charge in [-0.25, -0.2) is 4.98 Å². The Labute approximate surface area is 94.7 Å². The number of hydrogen-bond donors (Lipinski definition) is 2. The minimum Gasteiger partial charge on any atom is -0.394 e. The number of aryl methyl sites for hydroxylation is 1. The molecule has 6 heteroatoms. The third-order valence-corrected chi connectivity index (χ3v) is 2.38. The molecule has 6 nitrogen and oxygen atoms in total. The molecule has 0 aliphatic carbocycles. The predicted octanol–water partition coefficient (Wildman–Crippen LogP) is -0.199. The Morgan fingerprint density at radius 1 is 1.56 bits per heavy atom. The highest BCUT2D eigenvalue weighted by Crippen LogP contribution is 2.00. The van der Waals surface area contributed by atoms with Crippen molar-refractivity contribution in [1.29, 1.82) is 0 Å². The van der Waals surface area contributed by atoms with Crippen molar-refractivity contribution in [2.24, 2.45) is 5.92 Å². The quantitative estimate of drug-likeness (QED) is 0.704. The van der Waals surface area contributed by atoms with Crippen LogP contribution in [0.2, 0.25) is 0 Å². The molecular formula is C10H18N4O2. The normalized spacial score (nSPS) is 12.8. The fourth-order valence-electron chi connectivity index (χ4n) is 1.27. The van der Waals surface area contributed by atoms with Crippen molar-refractivity contribution >= 4 is 5.91 Å². The molecule has 0 aliphatic heterocycles. The number of nitrogens with one attached hydrogen (secondary N) is 1. The standard InChI is InChI=1S/C10H18N4O2/c1-8(2)9(5-15)13-10(16)3-4-14-7-11-6-12-14/h6-9,15H,3-5H2,1-2H3,(H,13,16)/t9-/m1/s1. The average molecular weight is 226 g/mol. The first kappa shape index (κ1) is 12.6. The summed E-state index contributed by atoms with van der Waals surface area (Å²) in [6.07, 6.45) is 3.34. The molecule has 0 aromatic carbocycles. The minimum absolute atomic E-state index is 0.0350. The molecule has 16 heavy (non-hydrogen) atoms. The van der Waals surface area contributed by atoms with E-state index in [2.05, 4.69) is 15.4 Å². The van der Waals surface area contributed by atoms with E-state index in [0.717, 1.165) is 0 Å². The predicted molar refractivity (Wildman–Crippen MR) is 58.5 cm³/mol. The van der Waals surface area contributed by atoms with Crippen LogP contribution in [0.15, 0.2) is 12.7 Å². The van der Waals surface area contributed by atoms with Gasteiger partial charge in [-0.05, 0) is 5.92 Å². The van der Waals surface area contributed by atoms with Gasteiger partial charge in [0.15, 0.2) is 0 Å². The molecule has 1 rings (SSSR count). The van der Waals surface area contributed by atoms with Crippen LogP contribution in [0, 0.1) is 5.92 Å². The lowest BCUT2D eigenvalue weighted by Gasteiger charge is -2.19. The number of amides is 1. The summed E-state index contributed by atoms with van der Waals surface area (Å²) in [5, 5.41) is 15.7. The van der Waals surface area contributed by atoms with Gasteiger partial charge < -0.3 is 10.4 Å². The van der Waals surface area contributed by atoms with Crippen LogP contribution in [0.25, 0.3) is 0 Å². The molecule has 1 atom stereocenters. The van der Waals surface area contributed by atoms with Crippen LogP contribution >= 0.6 is 0 Å². The Kier molecular flexibility index (Phi) is 4.91. The van der Waals surface area contributed by atoms with Crippen LogP contribution in [0.5, 0.6) is 0 Å². The fraction of sp³-hybridized carbons (Fsp3) is 0.700. The molecule has 0 saturated heterocycles. The summed E-state index contributed by atoms with van der Waals surface area (Å²) >= 11 is 0. The largest absolute Gasteiger partial charge is 0.394 e. The van der Waals surface area contributed by atoms with E-state index in [-0.39, 0.29) is 24.5 Å². The van der Waals surface area contributed by atoms with Crippen LogP contribution in [0.1, 0.15) is 20.3 Å². The monoisotopic (exact) mass is 226 g/mol. The number of aromatic nitrogens is 3. The first-order chi connectivity index (χ1) is 7.63. The fourth-order valence-corrected chi connectivity index (χ4v) is 1.27. The molecule has 0 unspecified atom stereocenters. The summed E-state index contributed by atoms with van der Waals surface area (Å²) in [6.45, 7) is 4.38. The van der Waals surface area contributed by atoms with Crippen molar-refractivity contribution in [3.05, 3.63) is 12.7 Å². The highest BCUT2D eigenvalue weighted by Gasteiger charge is 2.14. The summed E-state index contributed by atoms with van der Waals surface area (Å²) in [5.41, 5.74) is 0. The maximum Gasteiger partial charge on any atom is 0.222 e. The number of nitrogens with zero attached hydrogens (tertiary/aromatic N) is 3. The van der Waals surface area contributed by atoms with Crippen LogP contribution in [-0.2, 0) is 11.3 Å². The van der Waals surface area contributed by atoms with E-state index in [4.69, 9.17) is 5.11 Å². The minimum atomic E-state index is -0.178. The molecule has 1 aromatic heterocycles. The van der Waals surface area contributed by atoms with E-state index < -0.39 is 0 Å². The van der Waals surface area contributed by atoms with E-state index >= 15 is 0 Å². The zero-order valence-electron chi connectivity index (χ0n) is 9.63. The first-order valence-corrected chi connectivity index (χ1v) is 5.36. The van der Waals surface area contributed by atoms with Gasteiger partial charge in [0.25, 0.3) is 0 Å². The van der Waals surface area contributed by atoms with Crippen molar-refractivity contribution in [3.8, 4) is 0 Å². The molecule has 0 saturated carbocycles. The maximum absolute atomic E-state index is 11.5. The van der Waals surface area contributed by atoms with Gasteiger partial charge in [-0.2, -0.15) is 5.10 Å². The second-order valence-corrected chi connectivity index (χ2v) is 4.01. The lowest BCUT2D eigenvalue weighted by atomic mass is 10.1. The van der Waals surface area contributed by atoms with Gasteiger partial charge >= 0.3 is 0 Å². The lowest BCUT2D eigenvalue weighted by Crippen LogP contribution is -2.41. The Hall–Kier alpha value is -1.43. The summed E-state index contributed by atoms with van der Waals surface area (Å²) < 4.78 is 1.60. The summed E-state index contributed by atoms with van der Waals surface area (Å²) in [7, 11) is 0. The van der Waals surface area contributed by atoms with Gasteiger partial charge in [0.2, 0.25) is 5.91 Å². The molecule has 0 bridgehead atoms. The molecule has 0 spiro atoms. The van der Waals surface area contributed by atoms with Crippen LogP contribution < -0.4 is 5.32 Å². The van der Waals surface area contributed by atoms with Gasteiger partial charge in [0.1, 0.15) is 12.7 Å². The SMILES string of the molecule is CC(C)[C@@H](CO)NC(=O)CCn1cncn1. The zero-order valence-corrected chi connectivity index (χ0v) is 9.63. The topological polar surface area (TPSA) is 80.0 Å². The number of carbonyl (C=O) groups excluding carboxylic acids is 1. The van der Waals surface area contributed by atoms with Crippen molar-refractivity contribution in [1.82, 2.24) is 20.1 Å². The smallest absolute Gasteiger partial charge is 0.222 e. The molecule has 0 aliphatic rings. The van der Waals surface area contributed by atoms with Crippen LogP contribution in [0.4, 0.5) is 0 Å². The number of aliphatic hydroxyl groups is 1. The third kappa shape index (κ3) is 3.98. The van der Waals surface area contributed by atoms with Gasteiger partial charge in [0.05, 0.1) is 19.2 Å². The van der Waals surface area contributed by atoms with Crippen LogP contribution in [-0.4, -0.2) is 38.4 Å². The second-order valence-electron chi connectivity index (χ2n) is 4.01. The summed E-state index contributed by atoms with van der Waals surface area (Å²) in [6, 6.07) is -0.178. The van der Waals surface area contributed by atoms with E-state index in [0.29, 0.717) is 13.0 Å². The Morgan fingerprint density at radius 3 is 2.81 bits per heavy atom. The highest BCUT2D eigenvalue weighted by atomic mass is 16.3. The lowest BCUT2D eigenvalue weighted by molar-refractivity contribution is -0.122. The van der Waals surface area contributed by atoms with E-state index in [9.17, 15) is 4.79 Å². The average Bonchev–Trinajstić information content (AvgIpc) is 2.75. The Balaban J connectivity index is 2.30. The molecule has 0 fully saturated rings. The van der Waals surface area contributed by atoms with Gasteiger partial charge in [0, 0.05) is 6.42 Å². The molecular weight excluding hydrogens is 208 g/mol. The molecule has 1 amide bonds. The zero-order chi connectivity index (χ0) is 12.0. The molecule has 2 N–H and O–H groups in total. The second kappa shape index (κ2) is 6.22. The summed E-state index contributed by atoms with van der Waals surface area (Å²) in [4.78, 5) is 15.3. The molecule has 90 valence electrons. The van der Waals surface area contributed by atoms with Crippen molar-refractivity contribution in [3.63, 3.8) is 0 Å². The third-order valence-electron chi connectivity index (χ3n) is 2.38. The Bertz CT molecular complexity index is 311. The van der Waals surface area contributed by atoms with Crippen molar-refractivity contribution < 1.29 is 9.90 Å². The number of hydrogen-bond acceptors (Lipinski definition) is 4. The molecule has 0 radical (unpaired) electrons. The maximum atomic E-state index is 11.5. The van der Waals surface area contributed by atoms with E-state index in [1.54, 1.807) is 11.0 Å². The molecule has 1 heterocycles. The highest BCUT2D eigenvalue weighted by molar-refractivity contribution is 5.76. The Morgan fingerprint density at radius 2 is 2.31 bits per heavy atom. The van der Waals surface area contributed by atoms with Crippen LogP contribution in [0.3, 0.4) is 0 Å². The van der Waals surface area contributed by atoms with Gasteiger partial charge in [-0.1, -0.05) is 13.8 Å². The van der Waals surface area contributed by atoms with E-state index in [1.165, 1.54) is 6.33 Å². The van der Waals surface area contributed by atoms with Crippen molar-refractivity contribution in [2.75, 3.05) is 6.61 Å². The van der Waals surface area contributed by atoms with Gasteiger partial charge in [-0.15, -0.1) is 0 Å². The van der Waals surface area contributed by atoms with Gasteiger partial charge in [-0.3, -0.25) is 9.48 Å². The van der Waals surface area contributed by atoms with Crippen molar-refractivity contribution in [2.45, 2.75) is 32.9 Å². The number of rotatable bonds is 6. The first-order valence-electron chi connectivity index (χ1n) is 5.36. The molecule has 1 aromatic rings. The summed E-state index contributed by atoms with van der Waals surface area (Å²) in [5.74, 6) is 0.142. The number of aliphatic hydroxyl groups excluding tert-OH is 1.